The molecule has 0 aromatic heterocycles. The van der Waals surface area contributed by atoms with Gasteiger partial charge in [0.05, 0.1) is 5.69 Å². The molecule has 2 aromatic carbocycles. The third-order valence-electron chi connectivity index (χ3n) is 2.29. The minimum Gasteiger partial charge on any atom is -0.319 e. The van der Waals surface area contributed by atoms with E-state index >= 15 is 0 Å². The minimum absolute atomic E-state index is 0.0265. The third kappa shape index (κ3) is 2.51. The van der Waals surface area contributed by atoms with Crippen LogP contribution < -0.4 is 5.32 Å². The zero-order chi connectivity index (χ0) is 13.1. The molecule has 18 heavy (non-hydrogen) atoms. The first-order valence-electron chi connectivity index (χ1n) is 5.09. The molecule has 5 heteroatoms. The molecule has 2 nitrogen and oxygen atoms in total. The molecule has 1 N–H and O–H groups in total. The minimum atomic E-state index is -1.15. The summed E-state index contributed by atoms with van der Waals surface area (Å²) < 4.78 is 39.1. The highest BCUT2D eigenvalue weighted by Crippen LogP contribution is 2.17. The number of hydrogen-bond acceptors (Lipinski definition) is 1. The first kappa shape index (κ1) is 12.2. The van der Waals surface area contributed by atoms with Crippen molar-refractivity contribution in [2.24, 2.45) is 0 Å². The van der Waals surface area contributed by atoms with E-state index in [0.717, 1.165) is 12.1 Å². The van der Waals surface area contributed by atoms with Crippen molar-refractivity contribution in [1.82, 2.24) is 0 Å². The molecule has 2 aromatic rings. The van der Waals surface area contributed by atoms with Gasteiger partial charge in [-0.25, -0.2) is 13.2 Å². The van der Waals surface area contributed by atoms with Crippen molar-refractivity contribution in [2.45, 2.75) is 0 Å². The molecule has 0 saturated heterocycles. The predicted molar refractivity (Wildman–Crippen MR) is 60.7 cm³/mol. The number of hydrogen-bond donors (Lipinski definition) is 1. The Labute approximate surface area is 101 Å². The van der Waals surface area contributed by atoms with E-state index in [4.69, 9.17) is 0 Å². The molecule has 0 aliphatic carbocycles. The van der Waals surface area contributed by atoms with Crippen LogP contribution in [-0.4, -0.2) is 5.91 Å². The molecule has 0 fully saturated rings. The fourth-order valence-corrected chi connectivity index (χ4v) is 1.42. The summed E-state index contributed by atoms with van der Waals surface area (Å²) in [5.74, 6) is -3.50. The van der Waals surface area contributed by atoms with Crippen LogP contribution in [0.1, 0.15) is 10.4 Å². The van der Waals surface area contributed by atoms with Gasteiger partial charge < -0.3 is 5.32 Å². The Balaban J connectivity index is 2.24. The van der Waals surface area contributed by atoms with E-state index in [0.29, 0.717) is 0 Å². The molecule has 0 bridgehead atoms. The molecule has 92 valence electrons. The maximum absolute atomic E-state index is 13.3. The summed E-state index contributed by atoms with van der Waals surface area (Å²) in [6.45, 7) is 0. The fraction of sp³-hybridized carbons (Fsp3) is 0. The quantitative estimate of drug-likeness (QED) is 0.871. The number of carbonyl (C=O) groups is 1. The monoisotopic (exact) mass is 251 g/mol. The zero-order valence-electron chi connectivity index (χ0n) is 9.08. The van der Waals surface area contributed by atoms with Gasteiger partial charge in [0.15, 0.2) is 11.6 Å². The number of rotatable bonds is 2. The van der Waals surface area contributed by atoms with Crippen molar-refractivity contribution < 1.29 is 18.0 Å². The Kier molecular flexibility index (Phi) is 3.32. The van der Waals surface area contributed by atoms with E-state index in [1.807, 2.05) is 0 Å². The molecular weight excluding hydrogens is 243 g/mol. The van der Waals surface area contributed by atoms with Gasteiger partial charge in [0, 0.05) is 5.56 Å². The van der Waals surface area contributed by atoms with Gasteiger partial charge in [-0.1, -0.05) is 12.1 Å². The first-order chi connectivity index (χ1) is 8.58. The van der Waals surface area contributed by atoms with Gasteiger partial charge in [-0.15, -0.1) is 0 Å². The molecular formula is C13H8F3NO. The summed E-state index contributed by atoms with van der Waals surface area (Å²) in [5.41, 5.74) is -0.261. The van der Waals surface area contributed by atoms with Crippen LogP contribution in [0.4, 0.5) is 18.9 Å². The second-order valence-electron chi connectivity index (χ2n) is 3.57. The van der Waals surface area contributed by atoms with Crippen molar-refractivity contribution in [1.29, 1.82) is 0 Å². The largest absolute Gasteiger partial charge is 0.319 e. The van der Waals surface area contributed by atoms with Crippen LogP contribution in [0.5, 0.6) is 0 Å². The second-order valence-corrected chi connectivity index (χ2v) is 3.57. The molecule has 0 unspecified atom stereocenters. The number of amides is 1. The maximum Gasteiger partial charge on any atom is 0.255 e. The lowest BCUT2D eigenvalue weighted by molar-refractivity contribution is 0.102. The Morgan fingerprint density at radius 1 is 1.00 bits per heavy atom. The Hall–Kier alpha value is -2.30. The van der Waals surface area contributed by atoms with E-state index in [9.17, 15) is 18.0 Å². The summed E-state index contributed by atoms with van der Waals surface area (Å²) in [4.78, 5) is 11.7. The van der Waals surface area contributed by atoms with E-state index in [1.54, 1.807) is 0 Å². The van der Waals surface area contributed by atoms with Crippen molar-refractivity contribution in [2.75, 3.05) is 5.32 Å². The van der Waals surface area contributed by atoms with Gasteiger partial charge in [-0.3, -0.25) is 4.79 Å². The molecule has 0 spiro atoms. The number of anilines is 1. The fourth-order valence-electron chi connectivity index (χ4n) is 1.42. The number of halogens is 3. The maximum atomic E-state index is 13.3. The van der Waals surface area contributed by atoms with E-state index in [2.05, 4.69) is 5.32 Å². The second kappa shape index (κ2) is 4.91. The molecule has 1 amide bonds. The van der Waals surface area contributed by atoms with Crippen LogP contribution in [0, 0.1) is 17.5 Å². The Morgan fingerprint density at radius 2 is 1.72 bits per heavy atom. The van der Waals surface area contributed by atoms with Crippen LogP contribution in [0.25, 0.3) is 0 Å². The summed E-state index contributed by atoms with van der Waals surface area (Å²) in [6, 6.07) is 8.33. The van der Waals surface area contributed by atoms with Crippen molar-refractivity contribution in [3.63, 3.8) is 0 Å². The van der Waals surface area contributed by atoms with E-state index in [1.165, 1.54) is 30.3 Å². The Morgan fingerprint density at radius 3 is 2.44 bits per heavy atom. The molecule has 0 aliphatic heterocycles. The van der Waals surface area contributed by atoms with Crippen molar-refractivity contribution in [3.8, 4) is 0 Å². The number of carbonyl (C=O) groups excluding carboxylic acids is 1. The SMILES string of the molecule is O=C(Nc1cccc(F)c1F)c1cccc(F)c1. The summed E-state index contributed by atoms with van der Waals surface area (Å²) in [6.07, 6.45) is 0. The highest BCUT2D eigenvalue weighted by Gasteiger charge is 2.12. The van der Waals surface area contributed by atoms with Gasteiger partial charge in [0.2, 0.25) is 0 Å². The Bertz CT molecular complexity index is 599. The van der Waals surface area contributed by atoms with Crippen LogP contribution in [0.3, 0.4) is 0 Å². The summed E-state index contributed by atoms with van der Waals surface area (Å²) in [7, 11) is 0. The smallest absolute Gasteiger partial charge is 0.255 e. The normalized spacial score (nSPS) is 10.2. The average Bonchev–Trinajstić information content (AvgIpc) is 2.35. The molecule has 0 atom stereocenters. The lowest BCUT2D eigenvalue weighted by Crippen LogP contribution is -2.13. The van der Waals surface area contributed by atoms with Gasteiger partial charge in [0.1, 0.15) is 5.82 Å². The van der Waals surface area contributed by atoms with Gasteiger partial charge in [0.25, 0.3) is 5.91 Å². The van der Waals surface area contributed by atoms with Crippen LogP contribution in [-0.2, 0) is 0 Å². The summed E-state index contributed by atoms with van der Waals surface area (Å²) >= 11 is 0. The molecule has 0 radical (unpaired) electrons. The third-order valence-corrected chi connectivity index (χ3v) is 2.29. The van der Waals surface area contributed by atoms with Crippen molar-refractivity contribution >= 4 is 11.6 Å². The van der Waals surface area contributed by atoms with Gasteiger partial charge in [-0.2, -0.15) is 0 Å². The molecule has 0 aliphatic rings. The molecule has 2 rings (SSSR count). The van der Waals surface area contributed by atoms with Crippen LogP contribution >= 0.6 is 0 Å². The predicted octanol–water partition coefficient (Wildman–Crippen LogP) is 3.36. The zero-order valence-corrected chi connectivity index (χ0v) is 9.08. The van der Waals surface area contributed by atoms with Crippen LogP contribution in [0.15, 0.2) is 42.5 Å². The van der Waals surface area contributed by atoms with Gasteiger partial charge in [-0.05, 0) is 30.3 Å². The van der Waals surface area contributed by atoms with E-state index in [-0.39, 0.29) is 11.3 Å². The number of nitrogens with one attached hydrogen (secondary N) is 1. The van der Waals surface area contributed by atoms with Crippen LogP contribution in [0.2, 0.25) is 0 Å². The molecule has 0 heterocycles. The van der Waals surface area contributed by atoms with Crippen molar-refractivity contribution in [3.05, 3.63) is 65.5 Å². The van der Waals surface area contributed by atoms with E-state index < -0.39 is 23.4 Å². The highest BCUT2D eigenvalue weighted by atomic mass is 19.2. The standard InChI is InChI=1S/C13H8F3NO/c14-9-4-1-3-8(7-9)13(18)17-11-6-2-5-10(15)12(11)16/h1-7H,(H,17,18). The lowest BCUT2D eigenvalue weighted by Gasteiger charge is -2.06. The average molecular weight is 251 g/mol. The first-order valence-corrected chi connectivity index (χ1v) is 5.09. The lowest BCUT2D eigenvalue weighted by atomic mass is 10.2. The van der Waals surface area contributed by atoms with Gasteiger partial charge >= 0.3 is 0 Å². The molecule has 0 saturated carbocycles. The summed E-state index contributed by atoms with van der Waals surface area (Å²) in [5, 5.41) is 2.17. The topological polar surface area (TPSA) is 29.1 Å². The highest BCUT2D eigenvalue weighted by molar-refractivity contribution is 6.04. The number of benzene rings is 2.